The molecular weight excluding hydrogens is 817 g/mol. The lowest BCUT2D eigenvalue weighted by molar-refractivity contribution is -0.166. The van der Waals surface area contributed by atoms with E-state index in [-0.39, 0.29) is 37.5 Å². The molecule has 0 aromatic carbocycles. The fourth-order valence-electron chi connectivity index (χ4n) is 7.77. The highest BCUT2D eigenvalue weighted by Crippen LogP contribution is 2.16. The van der Waals surface area contributed by atoms with Crippen molar-refractivity contribution >= 4 is 17.9 Å². The first-order chi connectivity index (χ1) is 32.5. The third kappa shape index (κ3) is 51.8. The van der Waals surface area contributed by atoms with Crippen molar-refractivity contribution in [1.29, 1.82) is 0 Å². The van der Waals surface area contributed by atoms with Crippen LogP contribution >= 0.6 is 0 Å². The Hall–Kier alpha value is -3.15. The Labute approximate surface area is 408 Å². The van der Waals surface area contributed by atoms with Gasteiger partial charge in [-0.2, -0.15) is 0 Å². The van der Waals surface area contributed by atoms with E-state index in [0.29, 0.717) is 19.3 Å². The fourth-order valence-corrected chi connectivity index (χ4v) is 7.77. The average molecular weight is 921 g/mol. The van der Waals surface area contributed by atoms with Gasteiger partial charge in [0.1, 0.15) is 13.2 Å². The molecule has 0 radical (unpaired) electrons. The summed E-state index contributed by atoms with van der Waals surface area (Å²) < 4.78 is 16.8. The summed E-state index contributed by atoms with van der Waals surface area (Å²) in [6, 6.07) is 0. The van der Waals surface area contributed by atoms with Gasteiger partial charge in [-0.3, -0.25) is 14.4 Å². The molecule has 6 heteroatoms. The fraction of sp³-hybridized carbons (Fsp3) is 0.750. The molecule has 0 aliphatic heterocycles. The topological polar surface area (TPSA) is 78.9 Å². The largest absolute Gasteiger partial charge is 0.462 e. The van der Waals surface area contributed by atoms with Crippen molar-refractivity contribution in [1.82, 2.24) is 0 Å². The van der Waals surface area contributed by atoms with E-state index in [1.165, 1.54) is 135 Å². The number of rotatable bonds is 50. The molecule has 0 fully saturated rings. The molecule has 0 N–H and O–H groups in total. The Kier molecular flexibility index (Phi) is 51.9. The number of hydrogen-bond acceptors (Lipinski definition) is 6. The average Bonchev–Trinajstić information content (AvgIpc) is 3.31. The summed E-state index contributed by atoms with van der Waals surface area (Å²) in [4.78, 5) is 38.0. The second-order valence-electron chi connectivity index (χ2n) is 18.5. The van der Waals surface area contributed by atoms with Gasteiger partial charge in [-0.25, -0.2) is 0 Å². The van der Waals surface area contributed by atoms with E-state index in [1.807, 2.05) is 6.08 Å². The van der Waals surface area contributed by atoms with Gasteiger partial charge in [0.15, 0.2) is 6.10 Å². The zero-order chi connectivity index (χ0) is 47.9. The molecule has 6 nitrogen and oxygen atoms in total. The SMILES string of the molecule is CC/C=C\C/C=C\C/C=C\C/C=C\CCC(=O)OCC(COC(=O)CCCCCCCCCCCCCCCCCCCCCCC)OC(=O)CCCCCCC/C=C\C/C=C\CCCC. The van der Waals surface area contributed by atoms with Crippen molar-refractivity contribution in [3.8, 4) is 0 Å². The summed E-state index contributed by atoms with van der Waals surface area (Å²) in [5, 5.41) is 0. The standard InChI is InChI=1S/C60H104O6/c1-4-7-10-13-16-19-22-25-27-28-29-30-31-32-33-36-38-41-44-47-50-53-59(62)65-56-57(55-64-58(61)52-49-46-43-40-37-34-24-21-18-15-12-9-6-3)66-60(63)54-51-48-45-42-39-35-26-23-20-17-14-11-8-5-2/h9,12,14,17-18,21,23,26,34,37,43,46,57H,4-8,10-11,13,15-16,19-20,22,24-25,27-33,35-36,38-42,44-45,47-56H2,1-3H3/b12-9-,17-14-,21-18-,26-23-,37-34-,46-43-. The van der Waals surface area contributed by atoms with Crippen LogP contribution in [0.15, 0.2) is 72.9 Å². The third-order valence-corrected chi connectivity index (χ3v) is 12.0. The highest BCUT2D eigenvalue weighted by Gasteiger charge is 2.19. The normalized spacial score (nSPS) is 12.6. The smallest absolute Gasteiger partial charge is 0.306 e. The molecule has 0 saturated carbocycles. The van der Waals surface area contributed by atoms with E-state index in [2.05, 4.69) is 87.6 Å². The second kappa shape index (κ2) is 54.5. The summed E-state index contributed by atoms with van der Waals surface area (Å²) in [5.41, 5.74) is 0. The molecule has 0 bridgehead atoms. The van der Waals surface area contributed by atoms with Gasteiger partial charge in [0.05, 0.1) is 0 Å². The van der Waals surface area contributed by atoms with E-state index in [4.69, 9.17) is 14.2 Å². The maximum absolute atomic E-state index is 12.8. The van der Waals surface area contributed by atoms with Gasteiger partial charge in [0.25, 0.3) is 0 Å². The van der Waals surface area contributed by atoms with Crippen LogP contribution in [-0.2, 0) is 28.6 Å². The van der Waals surface area contributed by atoms with Crippen molar-refractivity contribution < 1.29 is 28.6 Å². The number of carbonyl (C=O) groups excluding carboxylic acids is 3. The Morgan fingerprint density at radius 2 is 0.636 bits per heavy atom. The van der Waals surface area contributed by atoms with Gasteiger partial charge >= 0.3 is 17.9 Å². The number of hydrogen-bond donors (Lipinski definition) is 0. The Bertz CT molecular complexity index is 1240. The number of carbonyl (C=O) groups is 3. The zero-order valence-corrected chi connectivity index (χ0v) is 43.4. The minimum atomic E-state index is -0.809. The highest BCUT2D eigenvalue weighted by molar-refractivity contribution is 5.71. The van der Waals surface area contributed by atoms with E-state index in [0.717, 1.165) is 89.9 Å². The minimum absolute atomic E-state index is 0.101. The first kappa shape index (κ1) is 62.8. The van der Waals surface area contributed by atoms with Gasteiger partial charge in [-0.15, -0.1) is 0 Å². The monoisotopic (exact) mass is 921 g/mol. The van der Waals surface area contributed by atoms with Gasteiger partial charge in [-0.05, 0) is 70.6 Å². The molecule has 0 aliphatic carbocycles. The Morgan fingerprint density at radius 1 is 0.318 bits per heavy atom. The van der Waals surface area contributed by atoms with Gasteiger partial charge in [0, 0.05) is 19.3 Å². The lowest BCUT2D eigenvalue weighted by Gasteiger charge is -2.18. The van der Waals surface area contributed by atoms with Gasteiger partial charge < -0.3 is 14.2 Å². The number of unbranched alkanes of at least 4 members (excludes halogenated alkanes) is 27. The van der Waals surface area contributed by atoms with Crippen LogP contribution in [0, 0.1) is 0 Å². The van der Waals surface area contributed by atoms with Crippen molar-refractivity contribution in [2.75, 3.05) is 13.2 Å². The van der Waals surface area contributed by atoms with E-state index >= 15 is 0 Å². The van der Waals surface area contributed by atoms with Crippen LogP contribution in [0.25, 0.3) is 0 Å². The number of allylic oxidation sites excluding steroid dienone is 12. The van der Waals surface area contributed by atoms with Crippen LogP contribution in [0.3, 0.4) is 0 Å². The third-order valence-electron chi connectivity index (χ3n) is 12.0. The summed E-state index contributed by atoms with van der Waals surface area (Å²) in [7, 11) is 0. The number of ether oxygens (including phenoxy) is 3. The molecule has 1 unspecified atom stereocenters. The van der Waals surface area contributed by atoms with E-state index in [1.54, 1.807) is 0 Å². The van der Waals surface area contributed by atoms with Gasteiger partial charge in [-0.1, -0.05) is 254 Å². The van der Waals surface area contributed by atoms with Crippen molar-refractivity contribution in [2.45, 2.75) is 277 Å². The molecular formula is C60H104O6. The summed E-state index contributed by atoms with van der Waals surface area (Å²) in [5.74, 6) is -0.994. The first-order valence-electron chi connectivity index (χ1n) is 27.9. The van der Waals surface area contributed by atoms with Crippen LogP contribution in [0.4, 0.5) is 0 Å². The molecule has 0 amide bonds. The van der Waals surface area contributed by atoms with Crippen LogP contribution in [-0.4, -0.2) is 37.2 Å². The summed E-state index contributed by atoms with van der Waals surface area (Å²) in [6.45, 7) is 6.43. The molecule has 0 spiro atoms. The van der Waals surface area contributed by atoms with E-state index in [9.17, 15) is 14.4 Å². The summed E-state index contributed by atoms with van der Waals surface area (Å²) in [6.07, 6.45) is 69.1. The molecule has 1 atom stereocenters. The molecule has 0 rings (SSSR count). The Balaban J connectivity index is 4.37. The van der Waals surface area contributed by atoms with Crippen LogP contribution in [0.5, 0.6) is 0 Å². The van der Waals surface area contributed by atoms with Crippen molar-refractivity contribution in [3.63, 3.8) is 0 Å². The maximum Gasteiger partial charge on any atom is 0.306 e. The summed E-state index contributed by atoms with van der Waals surface area (Å²) >= 11 is 0. The van der Waals surface area contributed by atoms with Crippen LogP contribution in [0.2, 0.25) is 0 Å². The first-order valence-corrected chi connectivity index (χ1v) is 27.9. The lowest BCUT2D eigenvalue weighted by Crippen LogP contribution is -2.30. The van der Waals surface area contributed by atoms with Crippen LogP contribution < -0.4 is 0 Å². The molecule has 0 aromatic rings. The minimum Gasteiger partial charge on any atom is -0.462 e. The van der Waals surface area contributed by atoms with Crippen molar-refractivity contribution in [3.05, 3.63) is 72.9 Å². The van der Waals surface area contributed by atoms with Crippen molar-refractivity contribution in [2.24, 2.45) is 0 Å². The maximum atomic E-state index is 12.8. The zero-order valence-electron chi connectivity index (χ0n) is 43.4. The Morgan fingerprint density at radius 3 is 1.06 bits per heavy atom. The van der Waals surface area contributed by atoms with E-state index < -0.39 is 6.10 Å². The predicted octanol–water partition coefficient (Wildman–Crippen LogP) is 18.6. The molecule has 380 valence electrons. The molecule has 66 heavy (non-hydrogen) atoms. The molecule has 0 saturated heterocycles. The highest BCUT2D eigenvalue weighted by atomic mass is 16.6. The van der Waals surface area contributed by atoms with Gasteiger partial charge in [0.2, 0.25) is 0 Å². The van der Waals surface area contributed by atoms with Crippen LogP contribution in [0.1, 0.15) is 271 Å². The predicted molar refractivity (Wildman–Crippen MR) is 284 cm³/mol. The molecule has 0 heterocycles. The molecule has 0 aliphatic rings. The quantitative estimate of drug-likeness (QED) is 0.0262. The number of esters is 3. The second-order valence-corrected chi connectivity index (χ2v) is 18.5. The lowest BCUT2D eigenvalue weighted by atomic mass is 10.0. The molecule has 0 aromatic heterocycles.